The van der Waals surface area contributed by atoms with Crippen molar-refractivity contribution in [1.82, 2.24) is 0 Å². The summed E-state index contributed by atoms with van der Waals surface area (Å²) in [6, 6.07) is 16.5. The third-order valence-corrected chi connectivity index (χ3v) is 3.06. The summed E-state index contributed by atoms with van der Waals surface area (Å²) in [6.45, 7) is 1.93. The molecule has 0 aliphatic heterocycles. The second-order valence-corrected chi connectivity index (χ2v) is 4.40. The van der Waals surface area contributed by atoms with E-state index in [-0.39, 0.29) is 5.78 Å². The number of hydrogen-bond acceptors (Lipinski definition) is 3. The molecule has 0 aliphatic rings. The molecule has 0 saturated heterocycles. The molecule has 0 spiro atoms. The molecular weight excluding hydrogens is 252 g/mol. The lowest BCUT2D eigenvalue weighted by Gasteiger charge is -2.18. The quantitative estimate of drug-likeness (QED) is 0.750. The van der Waals surface area contributed by atoms with Crippen LogP contribution in [0.3, 0.4) is 0 Å². The average molecular weight is 270 g/mol. The molecule has 0 aliphatic carbocycles. The highest BCUT2D eigenvalue weighted by molar-refractivity contribution is 5.99. The molecule has 0 radical (unpaired) electrons. The van der Waals surface area contributed by atoms with Crippen LogP contribution in [0, 0.1) is 0 Å². The molecule has 20 heavy (non-hydrogen) atoms. The van der Waals surface area contributed by atoms with Crippen LogP contribution in [0.4, 0.5) is 0 Å². The topological polar surface area (TPSA) is 35.5 Å². The molecule has 1 unspecified atom stereocenters. The van der Waals surface area contributed by atoms with Gasteiger partial charge in [0.05, 0.1) is 7.11 Å². The van der Waals surface area contributed by atoms with E-state index in [9.17, 15) is 4.79 Å². The predicted molar refractivity (Wildman–Crippen MR) is 78.5 cm³/mol. The summed E-state index contributed by atoms with van der Waals surface area (Å²) in [6.07, 6.45) is 0.0971. The van der Waals surface area contributed by atoms with Crippen LogP contribution in [0.1, 0.15) is 23.7 Å². The predicted octanol–water partition coefficient (Wildman–Crippen LogP) is 3.74. The molecule has 0 amide bonds. The maximum absolute atomic E-state index is 12.4. The highest BCUT2D eigenvalue weighted by Crippen LogP contribution is 2.28. The van der Waals surface area contributed by atoms with E-state index >= 15 is 0 Å². The number of ketones is 1. The Bertz CT molecular complexity index is 563. The number of para-hydroxylation sites is 2. The molecule has 0 heterocycles. The zero-order valence-electron chi connectivity index (χ0n) is 11.7. The van der Waals surface area contributed by atoms with Gasteiger partial charge in [-0.05, 0) is 18.6 Å². The molecule has 3 heteroatoms. The Morgan fingerprint density at radius 1 is 1.00 bits per heavy atom. The molecule has 2 rings (SSSR count). The standard InChI is InChI=1S/C17H18O3/c1-3-14(17(18)13-9-5-4-6-10-13)20-16-12-8-7-11-15(16)19-2/h4-12,14H,3H2,1-2H3. The van der Waals surface area contributed by atoms with Crippen molar-refractivity contribution in [2.24, 2.45) is 0 Å². The molecule has 0 aromatic heterocycles. The average Bonchev–Trinajstić information content (AvgIpc) is 2.53. The van der Waals surface area contributed by atoms with Crippen molar-refractivity contribution in [1.29, 1.82) is 0 Å². The number of Topliss-reactive ketones (excluding diaryl/α,β-unsaturated/α-hetero) is 1. The van der Waals surface area contributed by atoms with Crippen molar-refractivity contribution in [2.75, 3.05) is 7.11 Å². The summed E-state index contributed by atoms with van der Waals surface area (Å²) >= 11 is 0. The smallest absolute Gasteiger partial charge is 0.203 e. The molecule has 2 aromatic rings. The van der Waals surface area contributed by atoms with Gasteiger partial charge in [0.25, 0.3) is 0 Å². The van der Waals surface area contributed by atoms with Gasteiger partial charge in [-0.3, -0.25) is 4.79 Å². The Hall–Kier alpha value is -2.29. The summed E-state index contributed by atoms with van der Waals surface area (Å²) in [5, 5.41) is 0. The number of hydrogen-bond donors (Lipinski definition) is 0. The lowest BCUT2D eigenvalue weighted by atomic mass is 10.0. The highest BCUT2D eigenvalue weighted by Gasteiger charge is 2.21. The maximum atomic E-state index is 12.4. The van der Waals surface area contributed by atoms with Crippen LogP contribution in [0.2, 0.25) is 0 Å². The van der Waals surface area contributed by atoms with Gasteiger partial charge in [-0.2, -0.15) is 0 Å². The second-order valence-electron chi connectivity index (χ2n) is 4.40. The summed E-state index contributed by atoms with van der Waals surface area (Å²) in [5.41, 5.74) is 0.661. The largest absolute Gasteiger partial charge is 0.493 e. The minimum atomic E-state index is -0.506. The van der Waals surface area contributed by atoms with Gasteiger partial charge in [0.2, 0.25) is 5.78 Å². The van der Waals surface area contributed by atoms with E-state index in [0.717, 1.165) is 0 Å². The normalized spacial score (nSPS) is 11.7. The molecule has 104 valence electrons. The van der Waals surface area contributed by atoms with E-state index in [1.165, 1.54) is 0 Å². The van der Waals surface area contributed by atoms with Gasteiger partial charge in [-0.25, -0.2) is 0 Å². The number of methoxy groups -OCH3 is 1. The van der Waals surface area contributed by atoms with Crippen molar-refractivity contribution < 1.29 is 14.3 Å². The number of carbonyl (C=O) groups is 1. The number of rotatable bonds is 6. The highest BCUT2D eigenvalue weighted by atomic mass is 16.5. The Morgan fingerprint density at radius 2 is 1.60 bits per heavy atom. The fourth-order valence-electron chi connectivity index (χ4n) is 1.98. The maximum Gasteiger partial charge on any atom is 0.203 e. The first-order valence-electron chi connectivity index (χ1n) is 6.65. The Labute approximate surface area is 119 Å². The van der Waals surface area contributed by atoms with Gasteiger partial charge in [-0.15, -0.1) is 0 Å². The van der Waals surface area contributed by atoms with Gasteiger partial charge in [-0.1, -0.05) is 49.4 Å². The van der Waals surface area contributed by atoms with Crippen LogP contribution in [-0.2, 0) is 0 Å². The van der Waals surface area contributed by atoms with E-state index in [1.807, 2.05) is 43.3 Å². The third kappa shape index (κ3) is 3.18. The van der Waals surface area contributed by atoms with Gasteiger partial charge in [0, 0.05) is 5.56 Å². The number of carbonyl (C=O) groups excluding carboxylic acids is 1. The van der Waals surface area contributed by atoms with E-state index < -0.39 is 6.10 Å². The van der Waals surface area contributed by atoms with Crippen molar-refractivity contribution in [3.05, 3.63) is 60.2 Å². The Balaban J connectivity index is 2.19. The Morgan fingerprint density at radius 3 is 2.20 bits per heavy atom. The first kappa shape index (κ1) is 14.1. The molecule has 1 atom stereocenters. The Kier molecular flexibility index (Phi) is 4.77. The van der Waals surface area contributed by atoms with Crippen LogP contribution < -0.4 is 9.47 Å². The van der Waals surface area contributed by atoms with Crippen molar-refractivity contribution in [3.63, 3.8) is 0 Å². The summed E-state index contributed by atoms with van der Waals surface area (Å²) < 4.78 is 11.1. The van der Waals surface area contributed by atoms with Gasteiger partial charge in [0.15, 0.2) is 17.6 Å². The lowest BCUT2D eigenvalue weighted by Crippen LogP contribution is -2.26. The molecule has 2 aromatic carbocycles. The van der Waals surface area contributed by atoms with Gasteiger partial charge < -0.3 is 9.47 Å². The first-order chi connectivity index (χ1) is 9.76. The summed E-state index contributed by atoms with van der Waals surface area (Å²) in [4.78, 5) is 12.4. The van der Waals surface area contributed by atoms with Crippen molar-refractivity contribution >= 4 is 5.78 Å². The zero-order chi connectivity index (χ0) is 14.4. The number of ether oxygens (including phenoxy) is 2. The SMILES string of the molecule is CCC(Oc1ccccc1OC)C(=O)c1ccccc1. The van der Waals surface area contributed by atoms with Gasteiger partial charge >= 0.3 is 0 Å². The van der Waals surface area contributed by atoms with Crippen LogP contribution >= 0.6 is 0 Å². The van der Waals surface area contributed by atoms with E-state index in [2.05, 4.69) is 0 Å². The molecule has 0 fully saturated rings. The minimum absolute atomic E-state index is 0.0148. The third-order valence-electron chi connectivity index (χ3n) is 3.06. The van der Waals surface area contributed by atoms with Crippen LogP contribution in [0.15, 0.2) is 54.6 Å². The van der Waals surface area contributed by atoms with Crippen LogP contribution in [0.25, 0.3) is 0 Å². The molecule has 0 saturated carbocycles. The lowest BCUT2D eigenvalue weighted by molar-refractivity contribution is 0.0781. The minimum Gasteiger partial charge on any atom is -0.493 e. The van der Waals surface area contributed by atoms with E-state index in [0.29, 0.717) is 23.5 Å². The zero-order valence-corrected chi connectivity index (χ0v) is 11.7. The van der Waals surface area contributed by atoms with Gasteiger partial charge in [0.1, 0.15) is 0 Å². The molecule has 0 bridgehead atoms. The molecule has 0 N–H and O–H groups in total. The molecular formula is C17H18O3. The summed E-state index contributed by atoms with van der Waals surface area (Å²) in [5.74, 6) is 1.21. The summed E-state index contributed by atoms with van der Waals surface area (Å²) in [7, 11) is 1.59. The van der Waals surface area contributed by atoms with Crippen molar-refractivity contribution in [3.8, 4) is 11.5 Å². The van der Waals surface area contributed by atoms with Crippen molar-refractivity contribution in [2.45, 2.75) is 19.4 Å². The first-order valence-corrected chi connectivity index (χ1v) is 6.65. The van der Waals surface area contributed by atoms with E-state index in [1.54, 1.807) is 25.3 Å². The number of benzene rings is 2. The molecule has 3 nitrogen and oxygen atoms in total. The van der Waals surface area contributed by atoms with Crippen LogP contribution in [-0.4, -0.2) is 19.0 Å². The monoisotopic (exact) mass is 270 g/mol. The van der Waals surface area contributed by atoms with Crippen LogP contribution in [0.5, 0.6) is 11.5 Å². The van der Waals surface area contributed by atoms with E-state index in [4.69, 9.17) is 9.47 Å². The fourth-order valence-corrected chi connectivity index (χ4v) is 1.98. The second kappa shape index (κ2) is 6.75. The fraction of sp³-hybridized carbons (Fsp3) is 0.235.